The normalized spacial score (nSPS) is 13.3. The van der Waals surface area contributed by atoms with Gasteiger partial charge in [-0.15, -0.1) is 4.89 Å². The van der Waals surface area contributed by atoms with E-state index in [1.807, 2.05) is 20.8 Å². The molecule has 1 unspecified atom stereocenters. The lowest BCUT2D eigenvalue weighted by Gasteiger charge is -2.31. The largest absolute Gasteiger partial charge is 0.511 e. The van der Waals surface area contributed by atoms with Crippen molar-refractivity contribution in [2.45, 2.75) is 66.8 Å². The van der Waals surface area contributed by atoms with Gasteiger partial charge in [0.1, 0.15) is 5.60 Å². The summed E-state index contributed by atoms with van der Waals surface area (Å²) >= 11 is 0. The Bertz CT molecular complexity index is 391. The highest BCUT2D eigenvalue weighted by molar-refractivity contribution is 5.86. The lowest BCUT2D eigenvalue weighted by atomic mass is 9.84. The molecule has 0 aromatic carbocycles. The minimum atomic E-state index is -1.08. The monoisotopic (exact) mass is 302 g/mol. The highest BCUT2D eigenvalue weighted by atomic mass is 17.2. The Hall–Kier alpha value is -1.56. The van der Waals surface area contributed by atoms with Gasteiger partial charge in [-0.2, -0.15) is 0 Å². The Balaban J connectivity index is 4.25. The average molecular weight is 302 g/mol. The van der Waals surface area contributed by atoms with Crippen molar-refractivity contribution in [2.24, 2.45) is 5.41 Å². The van der Waals surface area contributed by atoms with E-state index in [9.17, 15) is 9.59 Å². The lowest BCUT2D eigenvalue weighted by molar-refractivity contribution is -0.336. The minimum Gasteiger partial charge on any atom is -0.428 e. The first kappa shape index (κ1) is 19.4. The van der Waals surface area contributed by atoms with Gasteiger partial charge in [0.15, 0.2) is 0 Å². The maximum atomic E-state index is 11.7. The first-order valence-electron chi connectivity index (χ1n) is 6.75. The van der Waals surface area contributed by atoms with Crippen molar-refractivity contribution in [3.05, 3.63) is 12.2 Å². The van der Waals surface area contributed by atoms with Crippen molar-refractivity contribution >= 4 is 12.1 Å². The first-order valence-corrected chi connectivity index (χ1v) is 6.75. The van der Waals surface area contributed by atoms with Crippen molar-refractivity contribution in [3.8, 4) is 0 Å². The van der Waals surface area contributed by atoms with E-state index in [4.69, 9.17) is 9.47 Å². The molecule has 0 heterocycles. The van der Waals surface area contributed by atoms with Crippen LogP contribution in [0.3, 0.4) is 0 Å². The molecule has 0 aliphatic rings. The second kappa shape index (κ2) is 7.45. The molecule has 6 nitrogen and oxygen atoms in total. The fraction of sp³-hybridized carbons (Fsp3) is 0.733. The molecule has 0 aromatic heterocycles. The summed E-state index contributed by atoms with van der Waals surface area (Å²) in [4.78, 5) is 31.8. The summed E-state index contributed by atoms with van der Waals surface area (Å²) in [5.74, 6) is -0.730. The van der Waals surface area contributed by atoms with Gasteiger partial charge in [0.25, 0.3) is 0 Å². The number of hydrogen-bond acceptors (Lipinski definition) is 6. The zero-order valence-electron chi connectivity index (χ0n) is 13.9. The van der Waals surface area contributed by atoms with Gasteiger partial charge in [-0.3, -0.25) is 4.89 Å². The van der Waals surface area contributed by atoms with Gasteiger partial charge in [0.05, 0.1) is 0 Å². The average Bonchev–Trinajstić information content (AvgIpc) is 2.20. The molecule has 0 fully saturated rings. The van der Waals surface area contributed by atoms with Crippen molar-refractivity contribution in [1.29, 1.82) is 0 Å². The number of carbonyl (C=O) groups is 2. The smallest absolute Gasteiger partial charge is 0.428 e. The molecule has 0 N–H and O–H groups in total. The molecule has 6 heteroatoms. The van der Waals surface area contributed by atoms with E-state index >= 15 is 0 Å². The number of rotatable bonds is 6. The van der Waals surface area contributed by atoms with Gasteiger partial charge in [-0.1, -0.05) is 27.4 Å². The molecule has 0 saturated heterocycles. The van der Waals surface area contributed by atoms with Crippen LogP contribution in [-0.2, 0) is 24.0 Å². The van der Waals surface area contributed by atoms with Gasteiger partial charge >= 0.3 is 12.1 Å². The number of ether oxygens (including phenoxy) is 2. The van der Waals surface area contributed by atoms with Crippen LogP contribution in [0, 0.1) is 5.41 Å². The van der Waals surface area contributed by atoms with Crippen LogP contribution in [-0.4, -0.2) is 24.0 Å². The predicted octanol–water partition coefficient (Wildman–Crippen LogP) is 3.75. The third-order valence-corrected chi connectivity index (χ3v) is 2.19. The van der Waals surface area contributed by atoms with Crippen LogP contribution in [0.2, 0.25) is 0 Å². The number of carbonyl (C=O) groups excluding carboxylic acids is 2. The highest BCUT2D eigenvalue weighted by Gasteiger charge is 2.30. The Morgan fingerprint density at radius 2 is 1.67 bits per heavy atom. The Morgan fingerprint density at radius 3 is 2.10 bits per heavy atom. The fourth-order valence-corrected chi connectivity index (χ4v) is 1.90. The van der Waals surface area contributed by atoms with Crippen LogP contribution in [0.4, 0.5) is 4.79 Å². The molecule has 0 bridgehead atoms. The molecule has 21 heavy (non-hydrogen) atoms. The Kier molecular flexibility index (Phi) is 6.90. The standard InChI is InChI=1S/C15H26O6/c1-10(2)12(16)21-20-11(3)18-13(17)19-15(7,8)9-14(4,5)6/h11H,1,9H2,2-8H3. The second-order valence-electron chi connectivity index (χ2n) is 6.78. The summed E-state index contributed by atoms with van der Waals surface area (Å²) in [6.07, 6.45) is -1.30. The minimum absolute atomic E-state index is 0.00289. The zero-order valence-corrected chi connectivity index (χ0v) is 13.9. The molecule has 0 aliphatic heterocycles. The van der Waals surface area contributed by atoms with E-state index in [2.05, 4.69) is 16.4 Å². The van der Waals surface area contributed by atoms with E-state index in [1.54, 1.807) is 13.8 Å². The summed E-state index contributed by atoms with van der Waals surface area (Å²) in [6, 6.07) is 0. The predicted molar refractivity (Wildman–Crippen MR) is 77.2 cm³/mol. The number of hydrogen-bond donors (Lipinski definition) is 0. The summed E-state index contributed by atoms with van der Waals surface area (Å²) in [5, 5.41) is 0. The molecule has 0 spiro atoms. The SMILES string of the molecule is C=C(C)C(=O)OOC(C)OC(=O)OC(C)(C)CC(C)(C)C. The van der Waals surface area contributed by atoms with E-state index in [-0.39, 0.29) is 11.0 Å². The molecule has 0 radical (unpaired) electrons. The van der Waals surface area contributed by atoms with Gasteiger partial charge in [-0.25, -0.2) is 9.59 Å². The van der Waals surface area contributed by atoms with Crippen molar-refractivity contribution in [2.75, 3.05) is 0 Å². The third-order valence-electron chi connectivity index (χ3n) is 2.19. The van der Waals surface area contributed by atoms with Crippen LogP contribution in [0.5, 0.6) is 0 Å². The van der Waals surface area contributed by atoms with Crippen LogP contribution in [0.1, 0.15) is 54.9 Å². The van der Waals surface area contributed by atoms with Crippen LogP contribution in [0.15, 0.2) is 12.2 Å². The van der Waals surface area contributed by atoms with Crippen LogP contribution >= 0.6 is 0 Å². The van der Waals surface area contributed by atoms with Gasteiger partial charge in [0, 0.05) is 12.5 Å². The summed E-state index contributed by atoms with van der Waals surface area (Å²) in [7, 11) is 0. The van der Waals surface area contributed by atoms with E-state index < -0.39 is 24.0 Å². The van der Waals surface area contributed by atoms with E-state index in [0.717, 1.165) is 0 Å². The summed E-state index contributed by atoms with van der Waals surface area (Å²) < 4.78 is 10.1. The molecule has 0 aromatic rings. The summed E-state index contributed by atoms with van der Waals surface area (Å²) in [6.45, 7) is 16.0. The van der Waals surface area contributed by atoms with Crippen molar-refractivity contribution < 1.29 is 28.8 Å². The van der Waals surface area contributed by atoms with Crippen LogP contribution < -0.4 is 0 Å². The quantitative estimate of drug-likeness (QED) is 0.245. The molecule has 0 saturated carbocycles. The first-order chi connectivity index (χ1) is 9.32. The van der Waals surface area contributed by atoms with E-state index in [1.165, 1.54) is 13.8 Å². The molecular formula is C15H26O6. The second-order valence-corrected chi connectivity index (χ2v) is 6.78. The van der Waals surface area contributed by atoms with Crippen LogP contribution in [0.25, 0.3) is 0 Å². The zero-order chi connectivity index (χ0) is 16.8. The topological polar surface area (TPSA) is 71.1 Å². The Labute approximate surface area is 126 Å². The molecule has 1 atom stereocenters. The molecular weight excluding hydrogens is 276 g/mol. The van der Waals surface area contributed by atoms with E-state index in [0.29, 0.717) is 6.42 Å². The lowest BCUT2D eigenvalue weighted by Crippen LogP contribution is -2.34. The molecule has 122 valence electrons. The maximum absolute atomic E-state index is 11.7. The summed E-state index contributed by atoms with van der Waals surface area (Å²) in [5.41, 5.74) is -0.497. The highest BCUT2D eigenvalue weighted by Crippen LogP contribution is 2.29. The maximum Gasteiger partial charge on any atom is 0.511 e. The molecule has 0 rings (SSSR count). The van der Waals surface area contributed by atoms with Crippen molar-refractivity contribution in [3.63, 3.8) is 0 Å². The third kappa shape index (κ3) is 9.90. The van der Waals surface area contributed by atoms with Gasteiger partial charge < -0.3 is 9.47 Å². The Morgan fingerprint density at radius 1 is 1.14 bits per heavy atom. The van der Waals surface area contributed by atoms with Crippen molar-refractivity contribution in [1.82, 2.24) is 0 Å². The fourth-order valence-electron chi connectivity index (χ4n) is 1.90. The van der Waals surface area contributed by atoms with Gasteiger partial charge in [0.2, 0.25) is 6.29 Å². The molecule has 0 amide bonds. The van der Waals surface area contributed by atoms with Gasteiger partial charge in [-0.05, 0) is 32.6 Å². The molecule has 0 aliphatic carbocycles.